The maximum atomic E-state index is 13.2. The molecule has 0 fully saturated rings. The molecular weight excluding hydrogens is 391 g/mol. The Morgan fingerprint density at radius 2 is 1.96 bits per heavy atom. The van der Waals surface area contributed by atoms with Gasteiger partial charge in [0.05, 0.1) is 33.6 Å². The van der Waals surface area contributed by atoms with Crippen LogP contribution in [-0.2, 0) is 6.54 Å². The van der Waals surface area contributed by atoms with Gasteiger partial charge in [0, 0.05) is 5.02 Å². The van der Waals surface area contributed by atoms with E-state index in [0.717, 1.165) is 10.2 Å². The quantitative estimate of drug-likeness (QED) is 0.417. The minimum atomic E-state index is -0.284. The van der Waals surface area contributed by atoms with Crippen LogP contribution in [0.1, 0.15) is 16.1 Å². The first-order chi connectivity index (χ1) is 12.6. The minimum Gasteiger partial charge on any atom is -0.467 e. The molecule has 26 heavy (non-hydrogen) atoms. The van der Waals surface area contributed by atoms with Crippen molar-refractivity contribution in [3.8, 4) is 0 Å². The van der Waals surface area contributed by atoms with Crippen molar-refractivity contribution < 1.29 is 9.21 Å². The standard InChI is InChI=1S/C19H12Cl2N2O2S/c20-12-7-8-15(21)14(10-12)18(24)23(11-13-4-3-9-25-13)19-22-16-5-1-2-6-17(16)26-19/h1-10H,11H2. The number of carbonyl (C=O) groups is 1. The van der Waals surface area contributed by atoms with Gasteiger partial charge < -0.3 is 4.42 Å². The van der Waals surface area contributed by atoms with Crippen molar-refractivity contribution in [3.63, 3.8) is 0 Å². The number of fused-ring (bicyclic) bond motifs is 1. The Morgan fingerprint density at radius 1 is 1.12 bits per heavy atom. The largest absolute Gasteiger partial charge is 0.467 e. The van der Waals surface area contributed by atoms with Gasteiger partial charge in [-0.05, 0) is 42.5 Å². The lowest BCUT2D eigenvalue weighted by Gasteiger charge is -2.19. The lowest BCUT2D eigenvalue weighted by Crippen LogP contribution is -2.30. The Kier molecular flexibility index (Phi) is 4.68. The summed E-state index contributed by atoms with van der Waals surface area (Å²) in [6, 6.07) is 16.2. The second-order valence-corrected chi connectivity index (χ2v) is 7.41. The molecule has 0 saturated carbocycles. The first-order valence-electron chi connectivity index (χ1n) is 7.77. The molecule has 0 spiro atoms. The molecule has 4 rings (SSSR count). The lowest BCUT2D eigenvalue weighted by molar-refractivity contribution is 0.0983. The molecule has 7 heteroatoms. The summed E-state index contributed by atoms with van der Waals surface area (Å²) in [5, 5.41) is 1.36. The van der Waals surface area contributed by atoms with Gasteiger partial charge in [-0.3, -0.25) is 9.69 Å². The number of thiazole rings is 1. The average molecular weight is 403 g/mol. The Balaban J connectivity index is 1.79. The molecule has 0 radical (unpaired) electrons. The van der Waals surface area contributed by atoms with Crippen LogP contribution in [0.4, 0.5) is 5.13 Å². The number of para-hydroxylation sites is 1. The van der Waals surface area contributed by atoms with E-state index in [2.05, 4.69) is 4.98 Å². The van der Waals surface area contributed by atoms with Crippen LogP contribution in [0, 0.1) is 0 Å². The van der Waals surface area contributed by atoms with Crippen molar-refractivity contribution in [2.45, 2.75) is 6.54 Å². The smallest absolute Gasteiger partial charge is 0.262 e. The molecule has 0 saturated heterocycles. The minimum absolute atomic E-state index is 0.245. The van der Waals surface area contributed by atoms with Gasteiger partial charge >= 0.3 is 0 Å². The number of aromatic nitrogens is 1. The topological polar surface area (TPSA) is 46.3 Å². The Bertz CT molecular complexity index is 1040. The molecule has 4 aromatic rings. The van der Waals surface area contributed by atoms with E-state index < -0.39 is 0 Å². The summed E-state index contributed by atoms with van der Waals surface area (Å²) in [7, 11) is 0. The van der Waals surface area contributed by atoms with E-state index >= 15 is 0 Å². The van der Waals surface area contributed by atoms with Gasteiger partial charge in [-0.15, -0.1) is 0 Å². The van der Waals surface area contributed by atoms with Crippen LogP contribution in [0.5, 0.6) is 0 Å². The molecule has 0 aliphatic heterocycles. The summed E-state index contributed by atoms with van der Waals surface area (Å²) in [6.45, 7) is 0.245. The maximum Gasteiger partial charge on any atom is 0.262 e. The zero-order valence-corrected chi connectivity index (χ0v) is 15.7. The van der Waals surface area contributed by atoms with Crippen molar-refractivity contribution >= 4 is 55.8 Å². The zero-order chi connectivity index (χ0) is 18.1. The van der Waals surface area contributed by atoms with E-state index in [9.17, 15) is 4.79 Å². The second kappa shape index (κ2) is 7.11. The van der Waals surface area contributed by atoms with Gasteiger partial charge in [-0.2, -0.15) is 0 Å². The third kappa shape index (κ3) is 3.33. The first-order valence-corrected chi connectivity index (χ1v) is 9.34. The summed E-state index contributed by atoms with van der Waals surface area (Å²) in [6.07, 6.45) is 1.57. The van der Waals surface area contributed by atoms with Gasteiger partial charge in [-0.25, -0.2) is 4.98 Å². The Morgan fingerprint density at radius 3 is 2.73 bits per heavy atom. The van der Waals surface area contributed by atoms with Crippen molar-refractivity contribution in [3.05, 3.63) is 82.2 Å². The number of hydrogen-bond donors (Lipinski definition) is 0. The van der Waals surface area contributed by atoms with E-state index in [0.29, 0.717) is 26.5 Å². The van der Waals surface area contributed by atoms with Crippen LogP contribution in [0.15, 0.2) is 65.3 Å². The predicted octanol–water partition coefficient (Wildman–Crippen LogP) is 6.04. The summed E-state index contributed by atoms with van der Waals surface area (Å²) in [5.74, 6) is 0.365. The van der Waals surface area contributed by atoms with Crippen molar-refractivity contribution in [2.24, 2.45) is 0 Å². The molecule has 2 heterocycles. The fraction of sp³-hybridized carbons (Fsp3) is 0.0526. The normalized spacial score (nSPS) is 11.0. The monoisotopic (exact) mass is 402 g/mol. The van der Waals surface area contributed by atoms with Gasteiger partial charge in [0.1, 0.15) is 5.76 Å². The number of rotatable bonds is 4. The molecular formula is C19H12Cl2N2O2S. The third-order valence-corrected chi connectivity index (χ3v) is 5.44. The Labute approximate surface area is 163 Å². The van der Waals surface area contributed by atoms with E-state index in [1.165, 1.54) is 11.3 Å². The van der Waals surface area contributed by atoms with Crippen LogP contribution < -0.4 is 4.90 Å². The summed E-state index contributed by atoms with van der Waals surface area (Å²) < 4.78 is 6.42. The number of amides is 1. The van der Waals surface area contributed by atoms with Crippen LogP contribution >= 0.6 is 34.5 Å². The molecule has 0 atom stereocenters. The average Bonchev–Trinajstić information content (AvgIpc) is 3.30. The molecule has 2 aromatic heterocycles. The molecule has 4 nitrogen and oxygen atoms in total. The highest BCUT2D eigenvalue weighted by Gasteiger charge is 2.24. The van der Waals surface area contributed by atoms with E-state index in [1.807, 2.05) is 30.3 Å². The molecule has 130 valence electrons. The molecule has 0 unspecified atom stereocenters. The molecule has 0 aliphatic rings. The number of carbonyl (C=O) groups excluding carboxylic acids is 1. The fourth-order valence-corrected chi connectivity index (χ4v) is 3.90. The number of halogens is 2. The first kappa shape index (κ1) is 17.1. The number of nitrogens with zero attached hydrogens (tertiary/aromatic N) is 2. The van der Waals surface area contributed by atoms with Gasteiger partial charge in [0.2, 0.25) is 0 Å². The zero-order valence-electron chi connectivity index (χ0n) is 13.4. The third-order valence-electron chi connectivity index (χ3n) is 3.81. The summed E-state index contributed by atoms with van der Waals surface area (Å²) in [4.78, 5) is 19.4. The van der Waals surface area contributed by atoms with Crippen LogP contribution in [-0.4, -0.2) is 10.9 Å². The number of benzene rings is 2. The second-order valence-electron chi connectivity index (χ2n) is 5.56. The Hall–Kier alpha value is -2.34. The highest BCUT2D eigenvalue weighted by Crippen LogP contribution is 2.32. The van der Waals surface area contributed by atoms with Gasteiger partial charge in [0.25, 0.3) is 5.91 Å². The molecule has 1 amide bonds. The van der Waals surface area contributed by atoms with Gasteiger partial charge in [-0.1, -0.05) is 46.7 Å². The molecule has 2 aromatic carbocycles. The number of hydrogen-bond acceptors (Lipinski definition) is 4. The van der Waals surface area contributed by atoms with E-state index in [1.54, 1.807) is 35.4 Å². The predicted molar refractivity (Wildman–Crippen MR) is 105 cm³/mol. The van der Waals surface area contributed by atoms with Crippen molar-refractivity contribution in [1.82, 2.24) is 4.98 Å². The molecule has 0 bridgehead atoms. The van der Waals surface area contributed by atoms with Crippen LogP contribution in [0.25, 0.3) is 10.2 Å². The SMILES string of the molecule is O=C(c1cc(Cl)ccc1Cl)N(Cc1ccco1)c1nc2ccccc2s1. The highest BCUT2D eigenvalue weighted by atomic mass is 35.5. The van der Waals surface area contributed by atoms with Crippen molar-refractivity contribution in [1.29, 1.82) is 0 Å². The maximum absolute atomic E-state index is 13.2. The van der Waals surface area contributed by atoms with Crippen LogP contribution in [0.3, 0.4) is 0 Å². The van der Waals surface area contributed by atoms with E-state index in [4.69, 9.17) is 27.6 Å². The van der Waals surface area contributed by atoms with Crippen molar-refractivity contribution in [2.75, 3.05) is 4.90 Å². The number of anilines is 1. The van der Waals surface area contributed by atoms with Crippen LogP contribution in [0.2, 0.25) is 10.0 Å². The highest BCUT2D eigenvalue weighted by molar-refractivity contribution is 7.22. The van der Waals surface area contributed by atoms with E-state index in [-0.39, 0.29) is 12.5 Å². The summed E-state index contributed by atoms with van der Waals surface area (Å²) in [5.41, 5.74) is 1.16. The summed E-state index contributed by atoms with van der Waals surface area (Å²) >= 11 is 13.7. The number of furan rings is 1. The molecule has 0 aliphatic carbocycles. The fourth-order valence-electron chi connectivity index (χ4n) is 2.57. The molecule has 0 N–H and O–H groups in total. The van der Waals surface area contributed by atoms with Gasteiger partial charge in [0.15, 0.2) is 5.13 Å². The lowest BCUT2D eigenvalue weighted by atomic mass is 10.2.